The third-order valence-corrected chi connectivity index (χ3v) is 4.19. The van der Waals surface area contributed by atoms with E-state index in [4.69, 9.17) is 5.41 Å². The fourth-order valence-corrected chi connectivity index (χ4v) is 2.93. The molecule has 0 saturated heterocycles. The molecule has 2 aromatic rings. The number of pyridine rings is 1. The minimum Gasteiger partial charge on any atom is -0.385 e. The lowest BCUT2D eigenvalue weighted by atomic mass is 10.2. The standard InChI is InChI=1S/C15H18N4OS/c1-4-10(3)19(9-16)15(20)13-8-11-12(17-5-2)6-7-18-14(11)21-13/h4,6-9,16H,5H2,1-3H3,(H,17,18)/b10-4+,16-9?. The second-order valence-corrected chi connectivity index (χ2v) is 5.48. The lowest BCUT2D eigenvalue weighted by Gasteiger charge is -2.15. The van der Waals surface area contributed by atoms with E-state index in [1.54, 1.807) is 19.2 Å². The van der Waals surface area contributed by atoms with Crippen molar-refractivity contribution in [2.24, 2.45) is 0 Å². The zero-order chi connectivity index (χ0) is 15.4. The van der Waals surface area contributed by atoms with Gasteiger partial charge in [0.1, 0.15) is 4.83 Å². The molecular formula is C15H18N4OS. The van der Waals surface area contributed by atoms with Gasteiger partial charge in [-0.25, -0.2) is 4.98 Å². The summed E-state index contributed by atoms with van der Waals surface area (Å²) in [5, 5.41) is 11.6. The second-order valence-electron chi connectivity index (χ2n) is 4.45. The highest BCUT2D eigenvalue weighted by molar-refractivity contribution is 7.20. The minimum atomic E-state index is -0.203. The molecule has 0 aliphatic rings. The fraction of sp³-hybridized carbons (Fsp3) is 0.267. The van der Waals surface area contributed by atoms with Crippen LogP contribution in [-0.2, 0) is 0 Å². The number of nitrogens with zero attached hydrogens (tertiary/aromatic N) is 2. The van der Waals surface area contributed by atoms with Crippen molar-refractivity contribution < 1.29 is 4.79 Å². The molecule has 0 aromatic carbocycles. The Balaban J connectivity index is 2.45. The van der Waals surface area contributed by atoms with Crippen LogP contribution < -0.4 is 5.32 Å². The molecule has 110 valence electrons. The summed E-state index contributed by atoms with van der Waals surface area (Å²) in [6.07, 6.45) is 4.58. The average Bonchev–Trinajstić information content (AvgIpc) is 2.93. The van der Waals surface area contributed by atoms with Crippen LogP contribution in [0, 0.1) is 5.41 Å². The third kappa shape index (κ3) is 2.95. The minimum absolute atomic E-state index is 0.203. The van der Waals surface area contributed by atoms with Gasteiger partial charge in [0.2, 0.25) is 0 Å². The van der Waals surface area contributed by atoms with Gasteiger partial charge in [0.15, 0.2) is 0 Å². The number of hydrogen-bond donors (Lipinski definition) is 2. The molecule has 6 heteroatoms. The van der Waals surface area contributed by atoms with Gasteiger partial charge >= 0.3 is 0 Å². The predicted octanol–water partition coefficient (Wildman–Crippen LogP) is 3.70. The Morgan fingerprint density at radius 3 is 2.95 bits per heavy atom. The number of rotatable bonds is 5. The number of carbonyl (C=O) groups excluding carboxylic acids is 1. The van der Waals surface area contributed by atoms with Gasteiger partial charge in [0.05, 0.1) is 11.2 Å². The lowest BCUT2D eigenvalue weighted by molar-refractivity contribution is 0.0885. The van der Waals surface area contributed by atoms with E-state index in [0.29, 0.717) is 4.88 Å². The zero-order valence-electron chi connectivity index (χ0n) is 12.3. The van der Waals surface area contributed by atoms with E-state index >= 15 is 0 Å². The molecule has 0 aliphatic heterocycles. The van der Waals surface area contributed by atoms with Crippen LogP contribution in [0.1, 0.15) is 30.4 Å². The third-order valence-electron chi connectivity index (χ3n) is 3.16. The van der Waals surface area contributed by atoms with Crippen LogP contribution in [0.25, 0.3) is 10.2 Å². The number of amides is 1. The molecule has 0 bridgehead atoms. The Morgan fingerprint density at radius 2 is 2.33 bits per heavy atom. The number of carbonyl (C=O) groups is 1. The summed E-state index contributed by atoms with van der Waals surface area (Å²) in [6, 6.07) is 3.74. The SMILES string of the molecule is C/C=C(\C)N(C=N)C(=O)c1cc2c(NCC)ccnc2s1. The number of aromatic nitrogens is 1. The number of hydrogen-bond acceptors (Lipinski definition) is 5. The van der Waals surface area contributed by atoms with Crippen molar-refractivity contribution in [3.63, 3.8) is 0 Å². The van der Waals surface area contributed by atoms with Gasteiger partial charge in [0, 0.05) is 29.5 Å². The van der Waals surface area contributed by atoms with E-state index in [-0.39, 0.29) is 5.91 Å². The van der Waals surface area contributed by atoms with Gasteiger partial charge < -0.3 is 5.32 Å². The highest BCUT2D eigenvalue weighted by Crippen LogP contribution is 2.30. The van der Waals surface area contributed by atoms with Gasteiger partial charge in [0.25, 0.3) is 5.91 Å². The quantitative estimate of drug-likeness (QED) is 0.653. The molecule has 21 heavy (non-hydrogen) atoms. The number of thiophene rings is 1. The van der Waals surface area contributed by atoms with Crippen LogP contribution >= 0.6 is 11.3 Å². The number of anilines is 1. The van der Waals surface area contributed by atoms with Crippen LogP contribution in [0.2, 0.25) is 0 Å². The van der Waals surface area contributed by atoms with Gasteiger partial charge in [-0.05, 0) is 32.9 Å². The molecule has 0 spiro atoms. The van der Waals surface area contributed by atoms with Crippen LogP contribution in [0.5, 0.6) is 0 Å². The van der Waals surface area contributed by atoms with Crippen molar-refractivity contribution in [1.29, 1.82) is 5.41 Å². The van der Waals surface area contributed by atoms with Crippen LogP contribution in [0.15, 0.2) is 30.1 Å². The Bertz CT molecular complexity index is 705. The first-order valence-electron chi connectivity index (χ1n) is 6.71. The molecule has 0 atom stereocenters. The van der Waals surface area contributed by atoms with Crippen molar-refractivity contribution >= 4 is 39.5 Å². The molecule has 0 unspecified atom stereocenters. The Kier molecular flexibility index (Phi) is 4.70. The van der Waals surface area contributed by atoms with Crippen LogP contribution in [0.3, 0.4) is 0 Å². The van der Waals surface area contributed by atoms with E-state index < -0.39 is 0 Å². The number of nitrogens with one attached hydrogen (secondary N) is 2. The first kappa shape index (κ1) is 15.2. The molecule has 1 amide bonds. The van der Waals surface area contributed by atoms with E-state index in [2.05, 4.69) is 10.3 Å². The summed E-state index contributed by atoms with van der Waals surface area (Å²) in [4.78, 5) is 19.6. The summed E-state index contributed by atoms with van der Waals surface area (Å²) < 4.78 is 0. The lowest BCUT2D eigenvalue weighted by Crippen LogP contribution is -2.26. The highest BCUT2D eigenvalue weighted by atomic mass is 32.1. The molecule has 2 aromatic heterocycles. The van der Waals surface area contributed by atoms with E-state index in [0.717, 1.165) is 34.5 Å². The Morgan fingerprint density at radius 1 is 1.57 bits per heavy atom. The van der Waals surface area contributed by atoms with Gasteiger partial charge in [-0.3, -0.25) is 15.1 Å². The number of allylic oxidation sites excluding steroid dienone is 2. The van der Waals surface area contributed by atoms with Gasteiger partial charge in [-0.15, -0.1) is 11.3 Å². The Hall–Kier alpha value is -2.21. The first-order chi connectivity index (χ1) is 10.1. The normalized spacial score (nSPS) is 11.5. The molecule has 2 heterocycles. The summed E-state index contributed by atoms with van der Waals surface area (Å²) in [6.45, 7) is 6.48. The zero-order valence-corrected chi connectivity index (χ0v) is 13.1. The van der Waals surface area contributed by atoms with Crippen molar-refractivity contribution in [1.82, 2.24) is 9.88 Å². The molecule has 5 nitrogen and oxygen atoms in total. The Labute approximate surface area is 127 Å². The van der Waals surface area contributed by atoms with Crippen LogP contribution in [0.4, 0.5) is 5.69 Å². The van der Waals surface area contributed by atoms with Crippen LogP contribution in [-0.4, -0.2) is 28.7 Å². The summed E-state index contributed by atoms with van der Waals surface area (Å²) in [7, 11) is 0. The molecule has 0 saturated carbocycles. The maximum absolute atomic E-state index is 12.5. The van der Waals surface area contributed by atoms with E-state index in [1.807, 2.05) is 26.0 Å². The second kappa shape index (κ2) is 6.49. The van der Waals surface area contributed by atoms with E-state index in [9.17, 15) is 4.79 Å². The maximum Gasteiger partial charge on any atom is 0.273 e. The largest absolute Gasteiger partial charge is 0.385 e. The monoisotopic (exact) mass is 302 g/mol. The smallest absolute Gasteiger partial charge is 0.273 e. The van der Waals surface area contributed by atoms with E-state index in [1.165, 1.54) is 16.2 Å². The summed E-state index contributed by atoms with van der Waals surface area (Å²) in [5.41, 5.74) is 1.70. The van der Waals surface area contributed by atoms with Gasteiger partial charge in [-0.2, -0.15) is 0 Å². The molecular weight excluding hydrogens is 284 g/mol. The van der Waals surface area contributed by atoms with Crippen molar-refractivity contribution in [2.75, 3.05) is 11.9 Å². The number of fused-ring (bicyclic) bond motifs is 1. The van der Waals surface area contributed by atoms with Gasteiger partial charge in [-0.1, -0.05) is 6.08 Å². The first-order valence-corrected chi connectivity index (χ1v) is 7.53. The topological polar surface area (TPSA) is 69.1 Å². The van der Waals surface area contributed by atoms with Crippen molar-refractivity contribution in [2.45, 2.75) is 20.8 Å². The van der Waals surface area contributed by atoms with Crippen molar-refractivity contribution in [3.05, 3.63) is 35.0 Å². The molecule has 0 aliphatic carbocycles. The summed E-state index contributed by atoms with van der Waals surface area (Å²) >= 11 is 1.34. The fourth-order valence-electron chi connectivity index (χ4n) is 1.97. The maximum atomic E-state index is 12.5. The molecule has 0 fully saturated rings. The molecule has 0 radical (unpaired) electrons. The molecule has 2 N–H and O–H groups in total. The molecule has 2 rings (SSSR count). The summed E-state index contributed by atoms with van der Waals surface area (Å²) in [5.74, 6) is -0.203. The highest BCUT2D eigenvalue weighted by Gasteiger charge is 2.19. The average molecular weight is 302 g/mol. The predicted molar refractivity (Wildman–Crippen MR) is 88.2 cm³/mol. The van der Waals surface area contributed by atoms with Crippen molar-refractivity contribution in [3.8, 4) is 0 Å².